The number of rotatable bonds is 6. The van der Waals surface area contributed by atoms with Crippen LogP contribution in [0.15, 0.2) is 71.8 Å². The quantitative estimate of drug-likeness (QED) is 0.536. The zero-order chi connectivity index (χ0) is 21.1. The molecule has 152 valence electrons. The van der Waals surface area contributed by atoms with E-state index >= 15 is 0 Å². The largest absolute Gasteiger partial charge is 0.497 e. The number of ether oxygens (including phenoxy) is 1. The molecule has 7 heteroatoms. The van der Waals surface area contributed by atoms with Crippen molar-refractivity contribution in [3.63, 3.8) is 0 Å². The lowest BCUT2D eigenvalue weighted by Gasteiger charge is -2.08. The van der Waals surface area contributed by atoms with Crippen molar-refractivity contribution in [3.05, 3.63) is 82.9 Å². The van der Waals surface area contributed by atoms with Crippen LogP contribution in [0.1, 0.15) is 12.5 Å². The minimum absolute atomic E-state index is 0.0747. The molecular formula is C23H22N4O3. The van der Waals surface area contributed by atoms with Crippen LogP contribution in [-0.4, -0.2) is 27.2 Å². The Hall–Kier alpha value is -3.87. The van der Waals surface area contributed by atoms with Crippen molar-refractivity contribution in [1.82, 2.24) is 14.2 Å². The minimum atomic E-state index is -0.276. The van der Waals surface area contributed by atoms with Crippen molar-refractivity contribution in [2.24, 2.45) is 0 Å². The van der Waals surface area contributed by atoms with Crippen molar-refractivity contribution in [1.29, 1.82) is 0 Å². The summed E-state index contributed by atoms with van der Waals surface area (Å²) in [5.41, 5.74) is 3.54. The Balaban J connectivity index is 1.56. The summed E-state index contributed by atoms with van der Waals surface area (Å²) in [4.78, 5) is 25.3. The van der Waals surface area contributed by atoms with Gasteiger partial charge < -0.3 is 14.6 Å². The monoisotopic (exact) mass is 402 g/mol. The third kappa shape index (κ3) is 3.96. The van der Waals surface area contributed by atoms with Crippen molar-refractivity contribution in [2.45, 2.75) is 19.9 Å². The normalized spacial score (nSPS) is 10.9. The zero-order valence-corrected chi connectivity index (χ0v) is 16.8. The van der Waals surface area contributed by atoms with Crippen molar-refractivity contribution >= 4 is 17.1 Å². The van der Waals surface area contributed by atoms with Crippen LogP contribution in [0.25, 0.3) is 16.8 Å². The summed E-state index contributed by atoms with van der Waals surface area (Å²) in [6.45, 7) is 1.98. The van der Waals surface area contributed by atoms with E-state index in [2.05, 4.69) is 17.3 Å². The van der Waals surface area contributed by atoms with E-state index in [0.29, 0.717) is 11.2 Å². The standard InChI is InChI=1S/C23H22N4O3/c1-3-16-5-4-6-18(13-16)24-22(28)15-26-11-12-27-21(23(26)29)14-20(25-27)17-7-9-19(30-2)10-8-17/h4-14H,3,15H2,1-2H3,(H,24,28). The van der Waals surface area contributed by atoms with Crippen LogP contribution >= 0.6 is 0 Å². The second kappa shape index (κ2) is 8.24. The van der Waals surface area contributed by atoms with Gasteiger partial charge in [0.05, 0.1) is 12.8 Å². The van der Waals surface area contributed by atoms with Gasteiger partial charge >= 0.3 is 0 Å². The molecule has 2 heterocycles. The fourth-order valence-electron chi connectivity index (χ4n) is 3.28. The van der Waals surface area contributed by atoms with Crippen LogP contribution in [-0.2, 0) is 17.8 Å². The number of amides is 1. The van der Waals surface area contributed by atoms with Crippen LogP contribution in [0.2, 0.25) is 0 Å². The second-order valence-corrected chi connectivity index (χ2v) is 6.92. The number of anilines is 1. The van der Waals surface area contributed by atoms with Crippen molar-refractivity contribution < 1.29 is 9.53 Å². The Morgan fingerprint density at radius 1 is 1.10 bits per heavy atom. The summed E-state index contributed by atoms with van der Waals surface area (Å²) < 4.78 is 8.09. The van der Waals surface area contributed by atoms with Crippen molar-refractivity contribution in [3.8, 4) is 17.0 Å². The molecule has 4 aromatic rings. The van der Waals surface area contributed by atoms with Gasteiger partial charge in [-0.2, -0.15) is 5.10 Å². The van der Waals surface area contributed by atoms with E-state index in [1.54, 1.807) is 25.6 Å². The van der Waals surface area contributed by atoms with Gasteiger partial charge in [-0.3, -0.25) is 9.59 Å². The summed E-state index contributed by atoms with van der Waals surface area (Å²) in [6, 6.07) is 16.9. The highest BCUT2D eigenvalue weighted by atomic mass is 16.5. The van der Waals surface area contributed by atoms with Gasteiger partial charge in [-0.1, -0.05) is 19.1 Å². The SMILES string of the molecule is CCc1cccc(NC(=O)Cn2ccn3nc(-c4ccc(OC)cc4)cc3c2=O)c1. The fraction of sp³-hybridized carbons (Fsp3) is 0.174. The highest BCUT2D eigenvalue weighted by Crippen LogP contribution is 2.21. The molecule has 0 saturated heterocycles. The van der Waals surface area contributed by atoms with Gasteiger partial charge in [-0.05, 0) is 54.4 Å². The van der Waals surface area contributed by atoms with E-state index in [9.17, 15) is 9.59 Å². The Morgan fingerprint density at radius 2 is 1.90 bits per heavy atom. The molecule has 7 nitrogen and oxygen atoms in total. The summed E-state index contributed by atoms with van der Waals surface area (Å²) in [6.07, 6.45) is 4.13. The Bertz CT molecular complexity index is 1260. The molecule has 0 aliphatic heterocycles. The molecule has 0 bridgehead atoms. The Labute approximate surface area is 173 Å². The van der Waals surface area contributed by atoms with Gasteiger partial charge in [0.15, 0.2) is 0 Å². The number of methoxy groups -OCH3 is 1. The molecule has 0 aliphatic rings. The summed E-state index contributed by atoms with van der Waals surface area (Å²) in [7, 11) is 1.61. The number of nitrogens with zero attached hydrogens (tertiary/aromatic N) is 3. The number of fused-ring (bicyclic) bond motifs is 1. The number of carbonyl (C=O) groups excluding carboxylic acids is 1. The number of hydrogen-bond acceptors (Lipinski definition) is 4. The summed E-state index contributed by atoms with van der Waals surface area (Å²) >= 11 is 0. The topological polar surface area (TPSA) is 77.6 Å². The van der Waals surface area contributed by atoms with E-state index in [4.69, 9.17) is 4.74 Å². The molecule has 1 N–H and O–H groups in total. The number of aryl methyl sites for hydroxylation is 1. The Morgan fingerprint density at radius 3 is 2.63 bits per heavy atom. The lowest BCUT2D eigenvalue weighted by Crippen LogP contribution is -2.28. The molecule has 2 aromatic heterocycles. The molecule has 2 aromatic carbocycles. The average molecular weight is 402 g/mol. The number of aromatic nitrogens is 3. The molecule has 4 rings (SSSR count). The smallest absolute Gasteiger partial charge is 0.277 e. The van der Waals surface area contributed by atoms with Crippen LogP contribution in [0, 0.1) is 0 Å². The number of nitrogens with one attached hydrogen (secondary N) is 1. The zero-order valence-electron chi connectivity index (χ0n) is 16.8. The van der Waals surface area contributed by atoms with Crippen LogP contribution in [0.4, 0.5) is 5.69 Å². The van der Waals surface area contributed by atoms with Crippen LogP contribution < -0.4 is 15.6 Å². The average Bonchev–Trinajstić information content (AvgIpc) is 3.21. The molecule has 0 spiro atoms. The predicted octanol–water partition coefficient (Wildman–Crippen LogP) is 3.37. The molecule has 0 saturated carbocycles. The maximum atomic E-state index is 12.9. The van der Waals surface area contributed by atoms with E-state index in [0.717, 1.165) is 29.0 Å². The first-order chi connectivity index (χ1) is 14.6. The minimum Gasteiger partial charge on any atom is -0.497 e. The highest BCUT2D eigenvalue weighted by Gasteiger charge is 2.12. The van der Waals surface area contributed by atoms with Gasteiger partial charge in [-0.25, -0.2) is 4.52 Å². The first-order valence-electron chi connectivity index (χ1n) is 9.69. The van der Waals surface area contributed by atoms with E-state index in [1.165, 1.54) is 9.08 Å². The molecule has 30 heavy (non-hydrogen) atoms. The van der Waals surface area contributed by atoms with E-state index in [1.807, 2.05) is 48.5 Å². The van der Waals surface area contributed by atoms with Crippen molar-refractivity contribution in [2.75, 3.05) is 12.4 Å². The maximum Gasteiger partial charge on any atom is 0.277 e. The number of carbonyl (C=O) groups is 1. The highest BCUT2D eigenvalue weighted by molar-refractivity contribution is 5.90. The molecular weight excluding hydrogens is 380 g/mol. The van der Waals surface area contributed by atoms with Gasteiger partial charge in [-0.15, -0.1) is 0 Å². The number of benzene rings is 2. The molecule has 0 atom stereocenters. The fourth-order valence-corrected chi connectivity index (χ4v) is 3.28. The molecule has 0 fully saturated rings. The van der Waals surface area contributed by atoms with Gasteiger partial charge in [0, 0.05) is 23.6 Å². The lowest BCUT2D eigenvalue weighted by atomic mass is 10.1. The molecule has 1 amide bonds. The predicted molar refractivity (Wildman–Crippen MR) is 116 cm³/mol. The summed E-state index contributed by atoms with van der Waals surface area (Å²) in [5, 5.41) is 7.32. The first-order valence-corrected chi connectivity index (χ1v) is 9.69. The van der Waals surface area contributed by atoms with Gasteiger partial charge in [0.1, 0.15) is 17.8 Å². The third-order valence-electron chi connectivity index (χ3n) is 4.92. The number of hydrogen-bond donors (Lipinski definition) is 1. The van der Waals surface area contributed by atoms with Gasteiger partial charge in [0.25, 0.3) is 5.56 Å². The van der Waals surface area contributed by atoms with E-state index < -0.39 is 0 Å². The lowest BCUT2D eigenvalue weighted by molar-refractivity contribution is -0.116. The first kappa shape index (κ1) is 19.4. The third-order valence-corrected chi connectivity index (χ3v) is 4.92. The maximum absolute atomic E-state index is 12.9. The molecule has 0 radical (unpaired) electrons. The van der Waals surface area contributed by atoms with Gasteiger partial charge in [0.2, 0.25) is 5.91 Å². The Kier molecular flexibility index (Phi) is 5.34. The van der Waals surface area contributed by atoms with Crippen LogP contribution in [0.3, 0.4) is 0 Å². The molecule has 0 unspecified atom stereocenters. The molecule has 0 aliphatic carbocycles. The summed E-state index contributed by atoms with van der Waals surface area (Å²) in [5.74, 6) is 0.491. The van der Waals surface area contributed by atoms with E-state index in [-0.39, 0.29) is 18.0 Å². The second-order valence-electron chi connectivity index (χ2n) is 6.92. The van der Waals surface area contributed by atoms with Crippen LogP contribution in [0.5, 0.6) is 5.75 Å².